The first-order valence-corrected chi connectivity index (χ1v) is 4.78. The molecule has 1 N–H and O–H groups in total. The van der Waals surface area contributed by atoms with Crippen LogP contribution in [0.2, 0.25) is 0 Å². The van der Waals surface area contributed by atoms with Crippen molar-refractivity contribution in [3.05, 3.63) is 0 Å². The lowest BCUT2D eigenvalue weighted by Crippen LogP contribution is -2.15. The first-order chi connectivity index (χ1) is 4.92. The maximum atomic E-state index is 10.2. The van der Waals surface area contributed by atoms with Crippen molar-refractivity contribution in [2.45, 2.75) is 6.42 Å². The Morgan fingerprint density at radius 3 is 2.36 bits per heavy atom. The van der Waals surface area contributed by atoms with Crippen molar-refractivity contribution in [2.75, 3.05) is 26.5 Å². The summed E-state index contributed by atoms with van der Waals surface area (Å²) in [6.45, 7) is 0.298. The first-order valence-electron chi connectivity index (χ1n) is 3.17. The summed E-state index contributed by atoms with van der Waals surface area (Å²) in [5.74, 6) is -0.249. The van der Waals surface area contributed by atoms with Gasteiger partial charge in [0.05, 0.1) is 12.4 Å². The predicted octanol–water partition coefficient (Wildman–Crippen LogP) is -0.242. The van der Waals surface area contributed by atoms with Gasteiger partial charge in [-0.2, -0.15) is 13.5 Å². The van der Waals surface area contributed by atoms with Gasteiger partial charge in [0.25, 0.3) is 10.1 Å². The number of hydrogen-bond donors (Lipinski definition) is 1. The molecule has 5 nitrogen and oxygen atoms in total. The number of rotatable bonds is 5. The maximum absolute atomic E-state index is 10.2. The zero-order valence-corrected chi connectivity index (χ0v) is 7.47. The third kappa shape index (κ3) is 9.83. The molecule has 0 bridgehead atoms. The van der Waals surface area contributed by atoms with Crippen molar-refractivity contribution in [2.24, 2.45) is 0 Å². The van der Waals surface area contributed by atoms with Crippen LogP contribution in [0.5, 0.6) is 0 Å². The van der Waals surface area contributed by atoms with Gasteiger partial charge in [-0.05, 0) is 6.42 Å². The molecule has 0 fully saturated rings. The summed E-state index contributed by atoms with van der Waals surface area (Å²) in [7, 11) is -0.417. The fraction of sp³-hybridized carbons (Fsp3) is 1.00. The Bertz CT molecular complexity index is 187. The molecule has 0 aliphatic heterocycles. The highest BCUT2D eigenvalue weighted by Crippen LogP contribution is 1.89. The van der Waals surface area contributed by atoms with E-state index in [0.717, 1.165) is 0 Å². The van der Waals surface area contributed by atoms with E-state index in [2.05, 4.69) is 0 Å². The Balaban J connectivity index is 3.30. The number of hydrogen-bond acceptors (Lipinski definition) is 4. The third-order valence-corrected chi connectivity index (χ3v) is 1.70. The molecule has 0 aromatic carbocycles. The molecule has 0 heterocycles. The lowest BCUT2D eigenvalue weighted by atomic mass is 10.5. The van der Waals surface area contributed by atoms with E-state index < -0.39 is 10.1 Å². The first kappa shape index (κ1) is 10.8. The molecule has 0 aliphatic carbocycles. The summed E-state index contributed by atoms with van der Waals surface area (Å²) >= 11 is 0. The Morgan fingerprint density at radius 1 is 1.45 bits per heavy atom. The van der Waals surface area contributed by atoms with Crippen LogP contribution in [0.25, 0.3) is 0 Å². The molecule has 0 unspecified atom stereocenters. The van der Waals surface area contributed by atoms with Gasteiger partial charge in [0.1, 0.15) is 0 Å². The van der Waals surface area contributed by atoms with Gasteiger partial charge >= 0.3 is 0 Å². The Kier molecular flexibility index (Phi) is 4.58. The third-order valence-electron chi connectivity index (χ3n) is 0.896. The SMILES string of the molecule is CN(C)OCCCS(=O)(=O)O. The van der Waals surface area contributed by atoms with E-state index in [4.69, 9.17) is 9.39 Å². The van der Waals surface area contributed by atoms with Crippen LogP contribution < -0.4 is 0 Å². The minimum absolute atomic E-state index is 0.249. The highest BCUT2D eigenvalue weighted by atomic mass is 32.2. The Morgan fingerprint density at radius 2 is 2.00 bits per heavy atom. The molecule has 0 aromatic heterocycles. The van der Waals surface area contributed by atoms with Gasteiger partial charge in [-0.3, -0.25) is 9.39 Å². The van der Waals surface area contributed by atoms with Crippen LogP contribution in [-0.2, 0) is 15.0 Å². The second kappa shape index (κ2) is 4.66. The van der Waals surface area contributed by atoms with Gasteiger partial charge in [-0.15, -0.1) is 0 Å². The van der Waals surface area contributed by atoms with Gasteiger partial charge in [0.2, 0.25) is 0 Å². The van der Waals surface area contributed by atoms with Gasteiger partial charge in [0, 0.05) is 14.1 Å². The molecule has 0 spiro atoms. The normalized spacial score (nSPS) is 12.4. The second-order valence-corrected chi connectivity index (χ2v) is 3.86. The van der Waals surface area contributed by atoms with E-state index in [1.54, 1.807) is 14.1 Å². The van der Waals surface area contributed by atoms with Crippen LogP contribution in [0.15, 0.2) is 0 Å². The summed E-state index contributed by atoms with van der Waals surface area (Å²) in [5, 5.41) is 1.48. The highest BCUT2D eigenvalue weighted by Gasteiger charge is 2.03. The smallest absolute Gasteiger partial charge is 0.264 e. The monoisotopic (exact) mass is 183 g/mol. The number of hydroxylamine groups is 2. The van der Waals surface area contributed by atoms with E-state index in [-0.39, 0.29) is 5.75 Å². The number of nitrogens with zero attached hydrogens (tertiary/aromatic N) is 1. The van der Waals surface area contributed by atoms with E-state index in [1.807, 2.05) is 0 Å². The Labute approximate surface area is 66.7 Å². The molecular weight excluding hydrogens is 170 g/mol. The van der Waals surface area contributed by atoms with Crippen LogP contribution in [-0.4, -0.2) is 44.5 Å². The molecular formula is C5H13NO4S. The zero-order valence-electron chi connectivity index (χ0n) is 6.65. The van der Waals surface area contributed by atoms with E-state index in [9.17, 15) is 8.42 Å². The molecule has 0 atom stereocenters. The topological polar surface area (TPSA) is 66.8 Å². The molecule has 0 amide bonds. The molecule has 0 rings (SSSR count). The summed E-state index contributed by atoms with van der Waals surface area (Å²) in [6.07, 6.45) is 0.303. The second-order valence-electron chi connectivity index (χ2n) is 2.29. The van der Waals surface area contributed by atoms with Crippen LogP contribution in [0.4, 0.5) is 0 Å². The van der Waals surface area contributed by atoms with Crippen molar-refractivity contribution >= 4 is 10.1 Å². The average Bonchev–Trinajstić information content (AvgIpc) is 1.78. The fourth-order valence-electron chi connectivity index (χ4n) is 0.488. The lowest BCUT2D eigenvalue weighted by molar-refractivity contribution is -0.118. The van der Waals surface area contributed by atoms with Gasteiger partial charge in [-0.25, -0.2) is 0 Å². The van der Waals surface area contributed by atoms with Crippen molar-refractivity contribution < 1.29 is 17.8 Å². The van der Waals surface area contributed by atoms with Gasteiger partial charge < -0.3 is 0 Å². The van der Waals surface area contributed by atoms with Gasteiger partial charge in [0.15, 0.2) is 0 Å². The quantitative estimate of drug-likeness (QED) is 0.362. The molecule has 0 aliphatic rings. The fourth-order valence-corrected chi connectivity index (χ4v) is 0.971. The standard InChI is InChI=1S/C5H13NO4S/c1-6(2)10-4-3-5-11(7,8)9/h3-5H2,1-2H3,(H,7,8,9). The lowest BCUT2D eigenvalue weighted by Gasteiger charge is -2.08. The van der Waals surface area contributed by atoms with Crippen molar-refractivity contribution in [1.29, 1.82) is 0 Å². The Hall–Kier alpha value is -0.170. The summed E-state index contributed by atoms with van der Waals surface area (Å²) < 4.78 is 28.6. The zero-order chi connectivity index (χ0) is 8.91. The average molecular weight is 183 g/mol. The molecule has 0 radical (unpaired) electrons. The van der Waals surface area contributed by atoms with Crippen LogP contribution >= 0.6 is 0 Å². The minimum atomic E-state index is -3.82. The highest BCUT2D eigenvalue weighted by molar-refractivity contribution is 7.85. The predicted molar refractivity (Wildman–Crippen MR) is 40.7 cm³/mol. The molecule has 11 heavy (non-hydrogen) atoms. The summed E-state index contributed by atoms with van der Waals surface area (Å²) in [4.78, 5) is 4.89. The van der Waals surface area contributed by atoms with Crippen LogP contribution in [0.3, 0.4) is 0 Å². The molecule has 6 heteroatoms. The van der Waals surface area contributed by atoms with E-state index in [1.165, 1.54) is 5.06 Å². The van der Waals surface area contributed by atoms with E-state index in [0.29, 0.717) is 13.0 Å². The van der Waals surface area contributed by atoms with Crippen LogP contribution in [0.1, 0.15) is 6.42 Å². The van der Waals surface area contributed by atoms with Gasteiger partial charge in [-0.1, -0.05) is 0 Å². The molecule has 0 saturated carbocycles. The molecule has 0 aromatic rings. The summed E-state index contributed by atoms with van der Waals surface area (Å²) in [5.41, 5.74) is 0. The minimum Gasteiger partial charge on any atom is -0.300 e. The van der Waals surface area contributed by atoms with Crippen LogP contribution in [0, 0.1) is 0 Å². The van der Waals surface area contributed by atoms with Crippen molar-refractivity contribution in [3.8, 4) is 0 Å². The molecule has 68 valence electrons. The maximum Gasteiger partial charge on any atom is 0.264 e. The molecule has 0 saturated heterocycles. The van der Waals surface area contributed by atoms with Crippen molar-refractivity contribution in [1.82, 2.24) is 5.06 Å². The van der Waals surface area contributed by atoms with Crippen molar-refractivity contribution in [3.63, 3.8) is 0 Å². The largest absolute Gasteiger partial charge is 0.300 e. The van der Waals surface area contributed by atoms with E-state index >= 15 is 0 Å². The summed E-state index contributed by atoms with van der Waals surface area (Å²) in [6, 6.07) is 0.